The van der Waals surface area contributed by atoms with Crippen molar-refractivity contribution in [3.05, 3.63) is 28.5 Å². The van der Waals surface area contributed by atoms with E-state index in [0.717, 1.165) is 5.69 Å². The molecule has 0 N–H and O–H groups in total. The topological polar surface area (TPSA) is 16.1 Å². The Balaban J connectivity index is 2.31. The number of halogens is 1. The lowest BCUT2D eigenvalue weighted by atomic mass is 10.0. The van der Waals surface area contributed by atoms with Crippen molar-refractivity contribution in [3.8, 4) is 0 Å². The van der Waals surface area contributed by atoms with Crippen LogP contribution in [0.15, 0.2) is 12.1 Å². The number of hydrogen-bond acceptors (Lipinski definition) is 2. The molecule has 1 aromatic heterocycles. The summed E-state index contributed by atoms with van der Waals surface area (Å²) in [6.45, 7) is 3.22. The van der Waals surface area contributed by atoms with Crippen LogP contribution in [0.4, 0.5) is 0 Å². The van der Waals surface area contributed by atoms with Crippen molar-refractivity contribution in [2.24, 2.45) is 0 Å². The van der Waals surface area contributed by atoms with Crippen LogP contribution in [0.5, 0.6) is 0 Å². The van der Waals surface area contributed by atoms with Crippen molar-refractivity contribution in [1.29, 1.82) is 0 Å². The van der Waals surface area contributed by atoms with Gasteiger partial charge in [0.05, 0.1) is 0 Å². The third-order valence-corrected chi connectivity index (χ3v) is 3.18. The first-order chi connectivity index (χ1) is 6.68. The molecule has 0 bridgehead atoms. The number of nitrogens with zero attached hydrogens (tertiary/aromatic N) is 2. The van der Waals surface area contributed by atoms with Crippen LogP contribution < -0.4 is 0 Å². The van der Waals surface area contributed by atoms with Crippen molar-refractivity contribution in [2.75, 3.05) is 13.6 Å². The summed E-state index contributed by atoms with van der Waals surface area (Å²) in [5, 5.41) is 0.590. The minimum absolute atomic E-state index is 0.541. The van der Waals surface area contributed by atoms with Crippen molar-refractivity contribution < 1.29 is 0 Å². The molecule has 0 unspecified atom stereocenters. The molecular formula is C11H15ClN2. The lowest BCUT2D eigenvalue weighted by Crippen LogP contribution is -2.18. The Hall–Kier alpha value is -0.600. The van der Waals surface area contributed by atoms with Gasteiger partial charge in [-0.1, -0.05) is 17.7 Å². The second kappa shape index (κ2) is 3.87. The molecule has 1 aromatic rings. The van der Waals surface area contributed by atoms with Crippen LogP contribution in [0.3, 0.4) is 0 Å². The summed E-state index contributed by atoms with van der Waals surface area (Å²) >= 11 is 5.84. The average molecular weight is 211 g/mol. The molecule has 1 fully saturated rings. The van der Waals surface area contributed by atoms with Gasteiger partial charge in [0.15, 0.2) is 0 Å². The van der Waals surface area contributed by atoms with Gasteiger partial charge in [-0.25, -0.2) is 4.98 Å². The van der Waals surface area contributed by atoms with E-state index in [1.165, 1.54) is 24.9 Å². The number of rotatable bonds is 1. The van der Waals surface area contributed by atoms with E-state index in [0.29, 0.717) is 11.2 Å². The maximum absolute atomic E-state index is 5.84. The van der Waals surface area contributed by atoms with E-state index in [-0.39, 0.29) is 0 Å². The molecule has 2 heterocycles. The zero-order valence-corrected chi connectivity index (χ0v) is 9.38. The highest BCUT2D eigenvalue weighted by atomic mass is 35.5. The monoisotopic (exact) mass is 210 g/mol. The van der Waals surface area contributed by atoms with E-state index < -0.39 is 0 Å². The lowest BCUT2D eigenvalue weighted by Gasteiger charge is -2.21. The van der Waals surface area contributed by atoms with Crippen LogP contribution in [0.1, 0.15) is 30.1 Å². The van der Waals surface area contributed by atoms with E-state index in [9.17, 15) is 0 Å². The standard InChI is InChI=1S/C11H15ClN2/c1-8-9(5-6-11(12)13-8)10-4-3-7-14(10)2/h5-6,10H,3-4,7H2,1-2H3/t10-/m0/s1. The molecule has 3 heteroatoms. The normalized spacial score (nSPS) is 22.9. The molecule has 1 aliphatic heterocycles. The molecular weight excluding hydrogens is 196 g/mol. The average Bonchev–Trinajstić information content (AvgIpc) is 2.52. The minimum Gasteiger partial charge on any atom is -0.299 e. The van der Waals surface area contributed by atoms with Crippen molar-refractivity contribution in [2.45, 2.75) is 25.8 Å². The number of likely N-dealkylation sites (tertiary alicyclic amines) is 1. The maximum atomic E-state index is 5.84. The Kier molecular flexibility index (Phi) is 2.75. The van der Waals surface area contributed by atoms with Crippen LogP contribution >= 0.6 is 11.6 Å². The van der Waals surface area contributed by atoms with E-state index in [1.807, 2.05) is 13.0 Å². The van der Waals surface area contributed by atoms with Gasteiger partial charge in [0.1, 0.15) is 5.15 Å². The molecule has 14 heavy (non-hydrogen) atoms. The summed E-state index contributed by atoms with van der Waals surface area (Å²) in [6, 6.07) is 4.53. The van der Waals surface area contributed by atoms with Gasteiger partial charge in [-0.3, -0.25) is 4.90 Å². The second-order valence-electron chi connectivity index (χ2n) is 3.95. The number of aryl methyl sites for hydroxylation is 1. The molecule has 0 spiro atoms. The zero-order valence-electron chi connectivity index (χ0n) is 8.63. The quantitative estimate of drug-likeness (QED) is 0.663. The summed E-state index contributed by atoms with van der Waals surface area (Å²) < 4.78 is 0. The van der Waals surface area contributed by atoms with E-state index >= 15 is 0 Å². The van der Waals surface area contributed by atoms with Gasteiger partial charge in [-0.2, -0.15) is 0 Å². The van der Waals surface area contributed by atoms with Gasteiger partial charge in [0.2, 0.25) is 0 Å². The van der Waals surface area contributed by atoms with Gasteiger partial charge in [-0.05, 0) is 45.0 Å². The Morgan fingerprint density at radius 2 is 2.29 bits per heavy atom. The molecule has 1 atom stereocenters. The molecule has 0 aliphatic carbocycles. The summed E-state index contributed by atoms with van der Waals surface area (Å²) in [5.74, 6) is 0. The van der Waals surface area contributed by atoms with Gasteiger partial charge in [0.25, 0.3) is 0 Å². The molecule has 0 saturated carbocycles. The largest absolute Gasteiger partial charge is 0.299 e. The fourth-order valence-corrected chi connectivity index (χ4v) is 2.39. The fourth-order valence-electron chi connectivity index (χ4n) is 2.20. The van der Waals surface area contributed by atoms with Crippen LogP contribution in [0.2, 0.25) is 5.15 Å². The second-order valence-corrected chi connectivity index (χ2v) is 4.33. The van der Waals surface area contributed by atoms with Gasteiger partial charge < -0.3 is 0 Å². The number of pyridine rings is 1. The fraction of sp³-hybridized carbons (Fsp3) is 0.545. The molecule has 0 aromatic carbocycles. The number of hydrogen-bond donors (Lipinski definition) is 0. The lowest BCUT2D eigenvalue weighted by molar-refractivity contribution is 0.316. The molecule has 76 valence electrons. The number of aromatic nitrogens is 1. The molecule has 2 nitrogen and oxygen atoms in total. The minimum atomic E-state index is 0.541. The Morgan fingerprint density at radius 1 is 1.50 bits per heavy atom. The van der Waals surface area contributed by atoms with E-state index in [2.05, 4.69) is 23.0 Å². The third-order valence-electron chi connectivity index (χ3n) is 2.97. The highest BCUT2D eigenvalue weighted by Crippen LogP contribution is 2.31. The van der Waals surface area contributed by atoms with E-state index in [4.69, 9.17) is 11.6 Å². The van der Waals surface area contributed by atoms with Crippen molar-refractivity contribution >= 4 is 11.6 Å². The Labute approximate surface area is 89.9 Å². The smallest absolute Gasteiger partial charge is 0.129 e. The summed E-state index contributed by atoms with van der Waals surface area (Å²) in [7, 11) is 2.17. The Morgan fingerprint density at radius 3 is 2.86 bits per heavy atom. The Bertz CT molecular complexity index is 338. The summed E-state index contributed by atoms with van der Waals surface area (Å²) in [6.07, 6.45) is 2.52. The van der Waals surface area contributed by atoms with Crippen molar-refractivity contribution in [1.82, 2.24) is 9.88 Å². The molecule has 0 radical (unpaired) electrons. The highest BCUT2D eigenvalue weighted by Gasteiger charge is 2.24. The summed E-state index contributed by atoms with van der Waals surface area (Å²) in [4.78, 5) is 6.68. The van der Waals surface area contributed by atoms with Crippen LogP contribution in [0.25, 0.3) is 0 Å². The SMILES string of the molecule is Cc1nc(Cl)ccc1[C@@H]1CCCN1C. The molecule has 2 rings (SSSR count). The highest BCUT2D eigenvalue weighted by molar-refractivity contribution is 6.29. The molecule has 1 saturated heterocycles. The van der Waals surface area contributed by atoms with Gasteiger partial charge >= 0.3 is 0 Å². The van der Waals surface area contributed by atoms with Gasteiger partial charge in [0, 0.05) is 11.7 Å². The van der Waals surface area contributed by atoms with Crippen molar-refractivity contribution in [3.63, 3.8) is 0 Å². The molecule has 1 aliphatic rings. The first kappa shape index (κ1) is 9.94. The molecule has 0 amide bonds. The predicted molar refractivity (Wildman–Crippen MR) is 58.6 cm³/mol. The van der Waals surface area contributed by atoms with Crippen LogP contribution in [-0.4, -0.2) is 23.5 Å². The summed E-state index contributed by atoms with van der Waals surface area (Å²) in [5.41, 5.74) is 2.39. The predicted octanol–water partition coefficient (Wildman–Crippen LogP) is 2.81. The van der Waals surface area contributed by atoms with Crippen LogP contribution in [-0.2, 0) is 0 Å². The maximum Gasteiger partial charge on any atom is 0.129 e. The third kappa shape index (κ3) is 1.77. The first-order valence-corrected chi connectivity index (χ1v) is 5.39. The zero-order chi connectivity index (χ0) is 10.1. The van der Waals surface area contributed by atoms with E-state index in [1.54, 1.807) is 0 Å². The van der Waals surface area contributed by atoms with Gasteiger partial charge in [-0.15, -0.1) is 0 Å². The first-order valence-electron chi connectivity index (χ1n) is 5.02. The van der Waals surface area contributed by atoms with Crippen LogP contribution in [0, 0.1) is 6.92 Å².